The first kappa shape index (κ1) is 19.1. The Balaban J connectivity index is 1.82. The number of hydrogen-bond acceptors (Lipinski definition) is 3. The zero-order chi connectivity index (χ0) is 18.4. The van der Waals surface area contributed by atoms with Crippen LogP contribution in [0.4, 0.5) is 5.69 Å². The molecule has 0 aliphatic carbocycles. The molecule has 1 heterocycles. The van der Waals surface area contributed by atoms with Crippen molar-refractivity contribution in [3.8, 4) is 0 Å². The van der Waals surface area contributed by atoms with E-state index in [1.165, 1.54) is 0 Å². The van der Waals surface area contributed by atoms with Gasteiger partial charge in [-0.1, -0.05) is 24.3 Å². The van der Waals surface area contributed by atoms with E-state index in [1.807, 2.05) is 63.5 Å². The molecule has 5 nitrogen and oxygen atoms in total. The first-order valence-electron chi connectivity index (χ1n) is 8.37. The second-order valence-electron chi connectivity index (χ2n) is 6.43. The summed E-state index contributed by atoms with van der Waals surface area (Å²) in [5.74, 6) is -0.146. The Morgan fingerprint density at radius 3 is 2.32 bits per heavy atom. The molecule has 2 atom stereocenters. The third-order valence-electron chi connectivity index (χ3n) is 4.02. The highest BCUT2D eigenvalue weighted by Crippen LogP contribution is 2.19. The molecule has 0 aliphatic rings. The molecule has 0 saturated heterocycles. The van der Waals surface area contributed by atoms with E-state index >= 15 is 0 Å². The minimum atomic E-state index is -0.0889. The van der Waals surface area contributed by atoms with Gasteiger partial charge in [0.05, 0.1) is 13.1 Å². The van der Waals surface area contributed by atoms with E-state index in [0.29, 0.717) is 0 Å². The number of thiophene rings is 1. The Labute approximate surface area is 153 Å². The van der Waals surface area contributed by atoms with E-state index in [1.54, 1.807) is 11.3 Å². The molecule has 6 heteroatoms. The van der Waals surface area contributed by atoms with Crippen molar-refractivity contribution in [1.29, 1.82) is 0 Å². The van der Waals surface area contributed by atoms with Crippen LogP contribution in [-0.4, -0.2) is 32.0 Å². The van der Waals surface area contributed by atoms with Crippen molar-refractivity contribution in [2.24, 2.45) is 0 Å². The van der Waals surface area contributed by atoms with Gasteiger partial charge in [0.15, 0.2) is 13.1 Å². The van der Waals surface area contributed by atoms with E-state index in [9.17, 15) is 9.59 Å². The zero-order valence-electron chi connectivity index (χ0n) is 15.2. The smallest absolute Gasteiger partial charge is 0.279 e. The molecule has 1 unspecified atom stereocenters. The second kappa shape index (κ2) is 8.78. The summed E-state index contributed by atoms with van der Waals surface area (Å²) >= 11 is 1.62. The summed E-state index contributed by atoms with van der Waals surface area (Å²) in [4.78, 5) is 26.4. The van der Waals surface area contributed by atoms with Crippen molar-refractivity contribution in [2.45, 2.75) is 26.8 Å². The third kappa shape index (κ3) is 5.69. The lowest BCUT2D eigenvalue weighted by molar-refractivity contribution is -0.862. The van der Waals surface area contributed by atoms with E-state index in [2.05, 4.69) is 10.6 Å². The van der Waals surface area contributed by atoms with Crippen LogP contribution < -0.4 is 15.5 Å². The second-order valence-corrected chi connectivity index (χ2v) is 7.41. The fraction of sp³-hybridized carbons (Fsp3) is 0.368. The van der Waals surface area contributed by atoms with Gasteiger partial charge in [-0.2, -0.15) is 0 Å². The molecule has 0 aliphatic heterocycles. The van der Waals surface area contributed by atoms with Crippen LogP contribution in [0.25, 0.3) is 0 Å². The highest BCUT2D eigenvalue weighted by atomic mass is 32.1. The lowest BCUT2D eigenvalue weighted by Crippen LogP contribution is -3.11. The summed E-state index contributed by atoms with van der Waals surface area (Å²) in [6.07, 6.45) is 0. The van der Waals surface area contributed by atoms with E-state index < -0.39 is 0 Å². The molecule has 25 heavy (non-hydrogen) atoms. The molecule has 0 saturated carbocycles. The summed E-state index contributed by atoms with van der Waals surface area (Å²) in [7, 11) is 1.85. The van der Waals surface area contributed by atoms with Gasteiger partial charge in [0.2, 0.25) is 0 Å². The molecule has 134 valence electrons. The Morgan fingerprint density at radius 1 is 1.08 bits per heavy atom. The van der Waals surface area contributed by atoms with Gasteiger partial charge >= 0.3 is 0 Å². The van der Waals surface area contributed by atoms with Crippen molar-refractivity contribution in [3.05, 3.63) is 51.7 Å². The number of carbonyl (C=O) groups excluding carboxylic acids is 2. The van der Waals surface area contributed by atoms with Gasteiger partial charge in [-0.3, -0.25) is 9.59 Å². The largest absolute Gasteiger partial charge is 0.344 e. The first-order chi connectivity index (χ1) is 11.9. The summed E-state index contributed by atoms with van der Waals surface area (Å²) in [5, 5.41) is 7.92. The van der Waals surface area contributed by atoms with Crippen LogP contribution in [0, 0.1) is 13.8 Å². The van der Waals surface area contributed by atoms with Crippen LogP contribution in [0.3, 0.4) is 0 Å². The Bertz CT molecular complexity index is 708. The standard InChI is InChI=1S/C19H25N3O2S/c1-13-7-5-8-14(2)19(13)21-18(24)12-22(4)11-17(23)20-15(3)16-9-6-10-25-16/h5-10,15H,11-12H2,1-4H3,(H,20,23)(H,21,24)/p+1/t15-/m0/s1. The monoisotopic (exact) mass is 360 g/mol. The van der Waals surface area contributed by atoms with E-state index in [0.717, 1.165) is 26.6 Å². The molecule has 2 rings (SSSR count). The van der Waals surface area contributed by atoms with Crippen molar-refractivity contribution in [3.63, 3.8) is 0 Å². The van der Waals surface area contributed by atoms with Crippen molar-refractivity contribution in [2.75, 3.05) is 25.5 Å². The number of quaternary nitrogens is 1. The number of rotatable bonds is 7. The number of carbonyl (C=O) groups is 2. The van der Waals surface area contributed by atoms with Crippen LogP contribution in [0.1, 0.15) is 29.0 Å². The number of aryl methyl sites for hydroxylation is 2. The van der Waals surface area contributed by atoms with Crippen LogP contribution in [-0.2, 0) is 9.59 Å². The Kier molecular flexibility index (Phi) is 6.73. The van der Waals surface area contributed by atoms with Crippen LogP contribution in [0.2, 0.25) is 0 Å². The molecular weight excluding hydrogens is 334 g/mol. The van der Waals surface area contributed by atoms with Gasteiger partial charge in [0, 0.05) is 10.6 Å². The SMILES string of the molecule is Cc1cccc(C)c1NC(=O)C[NH+](C)CC(=O)N[C@@H](C)c1cccs1. The Hall–Kier alpha value is -2.18. The maximum Gasteiger partial charge on any atom is 0.279 e. The molecule has 1 aromatic carbocycles. The number of hydrogen-bond donors (Lipinski definition) is 3. The summed E-state index contributed by atoms with van der Waals surface area (Å²) in [6, 6.07) is 9.87. The van der Waals surface area contributed by atoms with E-state index in [-0.39, 0.29) is 30.9 Å². The predicted molar refractivity (Wildman–Crippen MR) is 102 cm³/mol. The first-order valence-corrected chi connectivity index (χ1v) is 9.25. The topological polar surface area (TPSA) is 62.6 Å². The summed E-state index contributed by atoms with van der Waals surface area (Å²) < 4.78 is 0. The highest BCUT2D eigenvalue weighted by Gasteiger charge is 2.17. The fourth-order valence-corrected chi connectivity index (χ4v) is 3.44. The third-order valence-corrected chi connectivity index (χ3v) is 5.07. The molecule has 0 spiro atoms. The van der Waals surface area contributed by atoms with Crippen molar-refractivity contribution in [1.82, 2.24) is 5.32 Å². The lowest BCUT2D eigenvalue weighted by atomic mass is 10.1. The average Bonchev–Trinajstić information content (AvgIpc) is 3.05. The van der Waals surface area contributed by atoms with Gasteiger partial charge < -0.3 is 15.5 Å². The molecule has 2 aromatic rings. The fourth-order valence-electron chi connectivity index (χ4n) is 2.71. The minimum Gasteiger partial charge on any atom is -0.344 e. The van der Waals surface area contributed by atoms with Crippen LogP contribution in [0.15, 0.2) is 35.7 Å². The number of likely N-dealkylation sites (N-methyl/N-ethyl adjacent to an activating group) is 1. The van der Waals surface area contributed by atoms with Gasteiger partial charge in [-0.25, -0.2) is 0 Å². The number of para-hydroxylation sites is 1. The van der Waals surface area contributed by atoms with Gasteiger partial charge in [-0.15, -0.1) is 11.3 Å². The molecule has 2 amide bonds. The molecule has 1 aromatic heterocycles. The molecule has 3 N–H and O–H groups in total. The molecule has 0 fully saturated rings. The quantitative estimate of drug-likeness (QED) is 0.704. The van der Waals surface area contributed by atoms with Crippen LogP contribution in [0.5, 0.6) is 0 Å². The van der Waals surface area contributed by atoms with Gasteiger partial charge in [-0.05, 0) is 43.3 Å². The minimum absolute atomic E-state index is 0.0104. The zero-order valence-corrected chi connectivity index (χ0v) is 16.0. The predicted octanol–water partition coefficient (Wildman–Crippen LogP) is 1.70. The van der Waals surface area contributed by atoms with Crippen molar-refractivity contribution < 1.29 is 14.5 Å². The summed E-state index contributed by atoms with van der Waals surface area (Å²) in [6.45, 7) is 6.41. The number of benzene rings is 1. The van der Waals surface area contributed by atoms with Gasteiger partial charge in [0.1, 0.15) is 0 Å². The molecule has 0 radical (unpaired) electrons. The lowest BCUT2D eigenvalue weighted by Gasteiger charge is -2.17. The number of nitrogens with one attached hydrogen (secondary N) is 3. The normalized spacial score (nSPS) is 13.1. The maximum absolute atomic E-state index is 12.3. The summed E-state index contributed by atoms with van der Waals surface area (Å²) in [5.41, 5.74) is 2.93. The van der Waals surface area contributed by atoms with Gasteiger partial charge in [0.25, 0.3) is 11.8 Å². The molecule has 0 bridgehead atoms. The Morgan fingerprint density at radius 2 is 1.72 bits per heavy atom. The average molecular weight is 361 g/mol. The number of anilines is 1. The van der Waals surface area contributed by atoms with Crippen LogP contribution >= 0.6 is 11.3 Å². The highest BCUT2D eigenvalue weighted by molar-refractivity contribution is 7.10. The van der Waals surface area contributed by atoms with E-state index in [4.69, 9.17) is 0 Å². The van der Waals surface area contributed by atoms with Crippen molar-refractivity contribution >= 4 is 28.8 Å². The molecular formula is C19H26N3O2S+. The maximum atomic E-state index is 12.3. The number of amides is 2.